The quantitative estimate of drug-likeness (QED) is 0.670. The topological polar surface area (TPSA) is 55.0 Å². The fraction of sp³-hybridized carbons (Fsp3) is 0.500. The number of esters is 1. The molecule has 1 aromatic heterocycles. The minimum absolute atomic E-state index is 0.206. The molecule has 1 aromatic rings. The van der Waals surface area contributed by atoms with Gasteiger partial charge in [-0.25, -0.2) is 4.79 Å². The van der Waals surface area contributed by atoms with Crippen molar-refractivity contribution in [3.8, 4) is 0 Å². The Bertz CT molecular complexity index is 288. The third kappa shape index (κ3) is 1.32. The van der Waals surface area contributed by atoms with Crippen molar-refractivity contribution < 1.29 is 9.53 Å². The van der Waals surface area contributed by atoms with E-state index in [1.165, 1.54) is 6.20 Å². The lowest BCUT2D eigenvalue weighted by atomic mass is 10.4. The normalized spacial score (nSPS) is 18.8. The Morgan fingerprint density at radius 2 is 2.50 bits per heavy atom. The fourth-order valence-electron chi connectivity index (χ4n) is 0.926. The van der Waals surface area contributed by atoms with E-state index in [1.54, 1.807) is 6.07 Å². The van der Waals surface area contributed by atoms with E-state index in [-0.39, 0.29) is 11.6 Å². The molecule has 0 radical (unpaired) electrons. The van der Waals surface area contributed by atoms with Gasteiger partial charge in [-0.3, -0.25) is 5.10 Å². The first-order valence-corrected chi connectivity index (χ1v) is 3.92. The van der Waals surface area contributed by atoms with Crippen LogP contribution in [-0.2, 0) is 4.74 Å². The highest BCUT2D eigenvalue weighted by molar-refractivity contribution is 5.87. The second kappa shape index (κ2) is 2.33. The molecule has 0 atom stereocenters. The maximum atomic E-state index is 11.3. The van der Waals surface area contributed by atoms with Crippen molar-refractivity contribution in [3.63, 3.8) is 0 Å². The molecule has 12 heavy (non-hydrogen) atoms. The van der Waals surface area contributed by atoms with E-state index in [2.05, 4.69) is 10.2 Å². The zero-order chi connectivity index (χ0) is 8.60. The van der Waals surface area contributed by atoms with Crippen molar-refractivity contribution in [2.24, 2.45) is 0 Å². The molecule has 1 fully saturated rings. The standard InChI is InChI=1S/C8H10N2O2/c1-8(3-4-8)12-7(11)6-2-5-9-10-6/h2,5H,3-4H2,1H3,(H,9,10). The predicted molar refractivity (Wildman–Crippen MR) is 41.6 cm³/mol. The minimum Gasteiger partial charge on any atom is -0.455 e. The Morgan fingerprint density at radius 3 is 3.00 bits per heavy atom. The molecular weight excluding hydrogens is 156 g/mol. The third-order valence-electron chi connectivity index (χ3n) is 2.01. The van der Waals surface area contributed by atoms with E-state index in [0.717, 1.165) is 12.8 Å². The molecule has 1 heterocycles. The molecule has 0 unspecified atom stereocenters. The molecule has 1 aliphatic carbocycles. The van der Waals surface area contributed by atoms with Crippen molar-refractivity contribution in [1.29, 1.82) is 0 Å². The van der Waals surface area contributed by atoms with Gasteiger partial charge in [-0.1, -0.05) is 0 Å². The third-order valence-corrected chi connectivity index (χ3v) is 2.01. The molecule has 4 heteroatoms. The van der Waals surface area contributed by atoms with Gasteiger partial charge in [0, 0.05) is 6.20 Å². The first-order chi connectivity index (χ1) is 5.70. The lowest BCUT2D eigenvalue weighted by molar-refractivity contribution is 0.0269. The average Bonchev–Trinajstić information content (AvgIpc) is 2.55. The molecule has 0 saturated heterocycles. The summed E-state index contributed by atoms with van der Waals surface area (Å²) < 4.78 is 5.18. The lowest BCUT2D eigenvalue weighted by Crippen LogP contribution is -2.16. The van der Waals surface area contributed by atoms with Crippen LogP contribution >= 0.6 is 0 Å². The summed E-state index contributed by atoms with van der Waals surface area (Å²) in [6.07, 6.45) is 3.46. The Hall–Kier alpha value is -1.32. The van der Waals surface area contributed by atoms with Crippen LogP contribution in [0, 0.1) is 0 Å². The molecule has 0 amide bonds. The summed E-state index contributed by atoms with van der Waals surface area (Å²) in [6, 6.07) is 1.61. The van der Waals surface area contributed by atoms with Crippen LogP contribution in [0.15, 0.2) is 12.3 Å². The smallest absolute Gasteiger partial charge is 0.356 e. The van der Waals surface area contributed by atoms with Crippen LogP contribution in [-0.4, -0.2) is 21.8 Å². The SMILES string of the molecule is CC1(OC(=O)c2ccn[nH]2)CC1. The molecular formula is C8H10N2O2. The molecule has 1 saturated carbocycles. The molecule has 1 aliphatic rings. The van der Waals surface area contributed by atoms with Crippen molar-refractivity contribution in [1.82, 2.24) is 10.2 Å². The summed E-state index contributed by atoms with van der Waals surface area (Å²) in [4.78, 5) is 11.3. The number of H-pyrrole nitrogens is 1. The minimum atomic E-state index is -0.312. The maximum Gasteiger partial charge on any atom is 0.356 e. The van der Waals surface area contributed by atoms with Gasteiger partial charge in [-0.05, 0) is 25.8 Å². The number of carbonyl (C=O) groups excluding carboxylic acids is 1. The Labute approximate surface area is 69.9 Å². The average molecular weight is 166 g/mol. The summed E-state index contributed by atoms with van der Waals surface area (Å²) in [5, 5.41) is 6.23. The highest BCUT2D eigenvalue weighted by Gasteiger charge is 2.41. The van der Waals surface area contributed by atoms with Crippen molar-refractivity contribution in [2.45, 2.75) is 25.4 Å². The van der Waals surface area contributed by atoms with E-state index in [4.69, 9.17) is 4.74 Å². The largest absolute Gasteiger partial charge is 0.455 e. The molecule has 1 N–H and O–H groups in total. The van der Waals surface area contributed by atoms with Crippen molar-refractivity contribution in [2.75, 3.05) is 0 Å². The number of nitrogens with one attached hydrogen (secondary N) is 1. The molecule has 0 aromatic carbocycles. The number of ether oxygens (including phenoxy) is 1. The molecule has 64 valence electrons. The second-order valence-corrected chi connectivity index (χ2v) is 3.31. The van der Waals surface area contributed by atoms with Gasteiger partial charge >= 0.3 is 5.97 Å². The number of nitrogens with zero attached hydrogens (tertiary/aromatic N) is 1. The summed E-state index contributed by atoms with van der Waals surface area (Å²) in [6.45, 7) is 1.93. The first-order valence-electron chi connectivity index (χ1n) is 3.92. The summed E-state index contributed by atoms with van der Waals surface area (Å²) in [5.74, 6) is -0.312. The van der Waals surface area contributed by atoms with Gasteiger partial charge in [0.25, 0.3) is 0 Å². The van der Waals surface area contributed by atoms with Crippen LogP contribution in [0.1, 0.15) is 30.3 Å². The van der Waals surface area contributed by atoms with E-state index < -0.39 is 0 Å². The second-order valence-electron chi connectivity index (χ2n) is 3.31. The van der Waals surface area contributed by atoms with E-state index in [0.29, 0.717) is 5.69 Å². The fourth-order valence-corrected chi connectivity index (χ4v) is 0.926. The zero-order valence-corrected chi connectivity index (χ0v) is 6.83. The molecule has 4 nitrogen and oxygen atoms in total. The van der Waals surface area contributed by atoms with Crippen LogP contribution in [0.4, 0.5) is 0 Å². The van der Waals surface area contributed by atoms with Gasteiger partial charge in [0.2, 0.25) is 0 Å². The zero-order valence-electron chi connectivity index (χ0n) is 6.83. The van der Waals surface area contributed by atoms with Gasteiger partial charge in [-0.2, -0.15) is 5.10 Å². The molecule has 0 aliphatic heterocycles. The van der Waals surface area contributed by atoms with Crippen molar-refractivity contribution >= 4 is 5.97 Å². The van der Waals surface area contributed by atoms with Crippen LogP contribution in [0.2, 0.25) is 0 Å². The Morgan fingerprint density at radius 1 is 1.75 bits per heavy atom. The monoisotopic (exact) mass is 166 g/mol. The van der Waals surface area contributed by atoms with Gasteiger partial charge in [0.15, 0.2) is 0 Å². The van der Waals surface area contributed by atoms with Gasteiger partial charge in [0.05, 0.1) is 0 Å². The molecule has 2 rings (SSSR count). The Kier molecular flexibility index (Phi) is 1.43. The number of carbonyl (C=O) groups is 1. The van der Waals surface area contributed by atoms with Crippen LogP contribution in [0.3, 0.4) is 0 Å². The van der Waals surface area contributed by atoms with E-state index in [1.807, 2.05) is 6.92 Å². The lowest BCUT2D eigenvalue weighted by Gasteiger charge is -2.08. The number of aromatic amines is 1. The number of hydrogen-bond donors (Lipinski definition) is 1. The van der Waals surface area contributed by atoms with Gasteiger partial charge < -0.3 is 4.74 Å². The van der Waals surface area contributed by atoms with E-state index >= 15 is 0 Å². The highest BCUT2D eigenvalue weighted by atomic mass is 16.6. The van der Waals surface area contributed by atoms with Gasteiger partial charge in [0.1, 0.15) is 11.3 Å². The molecule has 0 bridgehead atoms. The highest BCUT2D eigenvalue weighted by Crippen LogP contribution is 2.39. The predicted octanol–water partition coefficient (Wildman–Crippen LogP) is 1.12. The number of rotatable bonds is 2. The van der Waals surface area contributed by atoms with Crippen LogP contribution in [0.25, 0.3) is 0 Å². The maximum absolute atomic E-state index is 11.3. The number of aromatic nitrogens is 2. The Balaban J connectivity index is 2.02. The van der Waals surface area contributed by atoms with Crippen molar-refractivity contribution in [3.05, 3.63) is 18.0 Å². The molecule has 0 spiro atoms. The van der Waals surface area contributed by atoms with Crippen LogP contribution < -0.4 is 0 Å². The van der Waals surface area contributed by atoms with Gasteiger partial charge in [-0.15, -0.1) is 0 Å². The summed E-state index contributed by atoms with van der Waals surface area (Å²) >= 11 is 0. The van der Waals surface area contributed by atoms with E-state index in [9.17, 15) is 4.79 Å². The van der Waals surface area contributed by atoms with Crippen LogP contribution in [0.5, 0.6) is 0 Å². The number of hydrogen-bond acceptors (Lipinski definition) is 3. The summed E-state index contributed by atoms with van der Waals surface area (Å²) in [7, 11) is 0. The first kappa shape index (κ1) is 7.34. The summed E-state index contributed by atoms with van der Waals surface area (Å²) in [5.41, 5.74) is 0.213.